The van der Waals surface area contributed by atoms with Crippen molar-refractivity contribution in [1.82, 2.24) is 0 Å². The standard InChI is InChI=1S/C27H28N2O/c1-4-6-26(29(30)27-19-11-22(3)12-20-27)8-5-7-23-13-17-25(18-14-23)28-24-15-9-21(2)10-16-24/h4-20,28,30H,1-3H3/b6-4-,7-5+,26-8+. The van der Waals surface area contributed by atoms with E-state index in [1.807, 2.05) is 68.5 Å². The van der Waals surface area contributed by atoms with Gasteiger partial charge in [0.25, 0.3) is 0 Å². The van der Waals surface area contributed by atoms with E-state index >= 15 is 0 Å². The van der Waals surface area contributed by atoms with E-state index < -0.39 is 0 Å². The number of hydroxylamine groups is 1. The summed E-state index contributed by atoms with van der Waals surface area (Å²) in [7, 11) is 0. The molecule has 0 radical (unpaired) electrons. The van der Waals surface area contributed by atoms with Crippen LogP contribution in [0.4, 0.5) is 17.1 Å². The first kappa shape index (κ1) is 21.2. The summed E-state index contributed by atoms with van der Waals surface area (Å²) in [5.41, 5.74) is 7.02. The Morgan fingerprint density at radius 2 is 1.33 bits per heavy atom. The molecule has 3 nitrogen and oxygen atoms in total. The number of anilines is 3. The summed E-state index contributed by atoms with van der Waals surface area (Å²) >= 11 is 0. The van der Waals surface area contributed by atoms with E-state index in [9.17, 15) is 5.21 Å². The third-order valence-electron chi connectivity index (χ3n) is 4.67. The van der Waals surface area contributed by atoms with Crippen molar-refractivity contribution < 1.29 is 5.21 Å². The Bertz CT molecular complexity index is 1030. The van der Waals surface area contributed by atoms with Gasteiger partial charge >= 0.3 is 0 Å². The van der Waals surface area contributed by atoms with Crippen LogP contribution in [0.3, 0.4) is 0 Å². The van der Waals surface area contributed by atoms with Crippen LogP contribution in [0.15, 0.2) is 103 Å². The topological polar surface area (TPSA) is 35.5 Å². The fraction of sp³-hybridized carbons (Fsp3) is 0.111. The molecule has 0 heterocycles. The molecule has 30 heavy (non-hydrogen) atoms. The third kappa shape index (κ3) is 5.97. The van der Waals surface area contributed by atoms with Crippen LogP contribution in [-0.4, -0.2) is 5.21 Å². The van der Waals surface area contributed by atoms with Crippen LogP contribution < -0.4 is 10.4 Å². The lowest BCUT2D eigenvalue weighted by molar-refractivity contribution is 0.287. The molecule has 0 fully saturated rings. The fourth-order valence-corrected chi connectivity index (χ4v) is 2.94. The molecule has 0 unspecified atom stereocenters. The maximum atomic E-state index is 10.6. The molecule has 3 aromatic rings. The van der Waals surface area contributed by atoms with Crippen molar-refractivity contribution in [3.8, 4) is 0 Å². The van der Waals surface area contributed by atoms with Gasteiger partial charge in [-0.1, -0.05) is 65.8 Å². The second-order valence-electron chi connectivity index (χ2n) is 7.21. The Hall–Kier alpha value is -3.56. The van der Waals surface area contributed by atoms with Crippen molar-refractivity contribution in [2.24, 2.45) is 0 Å². The number of nitrogens with zero attached hydrogens (tertiary/aromatic N) is 1. The molecule has 3 heteroatoms. The highest BCUT2D eigenvalue weighted by Gasteiger charge is 2.05. The zero-order chi connectivity index (χ0) is 21.3. The van der Waals surface area contributed by atoms with Gasteiger partial charge in [-0.2, -0.15) is 0 Å². The Balaban J connectivity index is 1.68. The number of nitrogens with one attached hydrogen (secondary N) is 1. The van der Waals surface area contributed by atoms with Gasteiger partial charge in [0.15, 0.2) is 0 Å². The maximum Gasteiger partial charge on any atom is 0.0693 e. The predicted molar refractivity (Wildman–Crippen MR) is 128 cm³/mol. The van der Waals surface area contributed by atoms with E-state index in [1.165, 1.54) is 10.6 Å². The van der Waals surface area contributed by atoms with Gasteiger partial charge in [0.1, 0.15) is 0 Å². The smallest absolute Gasteiger partial charge is 0.0693 e. The molecule has 0 aliphatic heterocycles. The minimum absolute atomic E-state index is 0.690. The normalized spacial score (nSPS) is 11.9. The predicted octanol–water partition coefficient (Wildman–Crippen LogP) is 7.42. The Kier molecular flexibility index (Phi) is 7.25. The van der Waals surface area contributed by atoms with Crippen molar-refractivity contribution in [2.45, 2.75) is 20.8 Å². The monoisotopic (exact) mass is 396 g/mol. The number of benzene rings is 3. The number of aryl methyl sites for hydroxylation is 2. The molecular formula is C27H28N2O. The maximum absolute atomic E-state index is 10.6. The second kappa shape index (κ2) is 10.3. The largest absolute Gasteiger partial charge is 0.356 e. The number of allylic oxidation sites excluding steroid dienone is 4. The summed E-state index contributed by atoms with van der Waals surface area (Å²) < 4.78 is 0. The van der Waals surface area contributed by atoms with Crippen LogP contribution in [0.1, 0.15) is 23.6 Å². The van der Waals surface area contributed by atoms with E-state index in [-0.39, 0.29) is 0 Å². The molecule has 0 saturated carbocycles. The lowest BCUT2D eigenvalue weighted by Crippen LogP contribution is -2.15. The van der Waals surface area contributed by atoms with Crippen LogP contribution in [0.25, 0.3) is 6.08 Å². The highest BCUT2D eigenvalue weighted by molar-refractivity contribution is 5.63. The first-order chi connectivity index (χ1) is 14.5. The molecule has 0 bridgehead atoms. The Labute approximate surface area is 179 Å². The van der Waals surface area contributed by atoms with Gasteiger partial charge in [0, 0.05) is 11.4 Å². The summed E-state index contributed by atoms with van der Waals surface area (Å²) in [5, 5.41) is 15.2. The molecule has 2 N–H and O–H groups in total. The molecule has 0 saturated heterocycles. The van der Waals surface area contributed by atoms with Crippen LogP contribution in [0.5, 0.6) is 0 Å². The van der Waals surface area contributed by atoms with Crippen molar-refractivity contribution in [3.05, 3.63) is 119 Å². The van der Waals surface area contributed by atoms with Crippen molar-refractivity contribution in [3.63, 3.8) is 0 Å². The minimum atomic E-state index is 0.690. The summed E-state index contributed by atoms with van der Waals surface area (Å²) in [6.07, 6.45) is 9.62. The molecule has 3 rings (SSSR count). The van der Waals surface area contributed by atoms with Gasteiger partial charge in [-0.3, -0.25) is 5.21 Å². The van der Waals surface area contributed by atoms with Gasteiger partial charge in [-0.25, -0.2) is 5.06 Å². The summed E-state index contributed by atoms with van der Waals surface area (Å²) in [6, 6.07) is 24.3. The lowest BCUT2D eigenvalue weighted by Gasteiger charge is -2.18. The van der Waals surface area contributed by atoms with Gasteiger partial charge < -0.3 is 5.32 Å². The van der Waals surface area contributed by atoms with E-state index in [1.54, 1.807) is 0 Å². The fourth-order valence-electron chi connectivity index (χ4n) is 2.94. The van der Waals surface area contributed by atoms with Gasteiger partial charge in [-0.15, -0.1) is 0 Å². The molecule has 0 aliphatic rings. The van der Waals surface area contributed by atoms with E-state index in [0.717, 1.165) is 28.2 Å². The third-order valence-corrected chi connectivity index (χ3v) is 4.67. The van der Waals surface area contributed by atoms with E-state index in [4.69, 9.17) is 0 Å². The quantitative estimate of drug-likeness (QED) is 0.322. The molecule has 0 aromatic heterocycles. The molecular weight excluding hydrogens is 368 g/mol. The number of hydrogen-bond donors (Lipinski definition) is 2. The van der Waals surface area contributed by atoms with Crippen molar-refractivity contribution >= 4 is 23.1 Å². The first-order valence-corrected chi connectivity index (χ1v) is 10.1. The second-order valence-corrected chi connectivity index (χ2v) is 7.21. The number of rotatable bonds is 7. The summed E-state index contributed by atoms with van der Waals surface area (Å²) in [5.74, 6) is 0. The molecule has 0 aliphatic carbocycles. The molecule has 152 valence electrons. The first-order valence-electron chi connectivity index (χ1n) is 10.1. The van der Waals surface area contributed by atoms with Crippen LogP contribution in [0.2, 0.25) is 0 Å². The molecule has 3 aromatic carbocycles. The lowest BCUT2D eigenvalue weighted by atomic mass is 10.1. The zero-order valence-electron chi connectivity index (χ0n) is 17.7. The highest BCUT2D eigenvalue weighted by Crippen LogP contribution is 2.20. The van der Waals surface area contributed by atoms with Crippen LogP contribution in [0, 0.1) is 13.8 Å². The average Bonchev–Trinajstić information content (AvgIpc) is 2.76. The van der Waals surface area contributed by atoms with E-state index in [0.29, 0.717) is 5.70 Å². The number of hydrogen-bond acceptors (Lipinski definition) is 3. The Morgan fingerprint density at radius 1 is 0.800 bits per heavy atom. The van der Waals surface area contributed by atoms with E-state index in [2.05, 4.69) is 60.8 Å². The summed E-state index contributed by atoms with van der Waals surface area (Å²) in [4.78, 5) is 0. The van der Waals surface area contributed by atoms with Crippen LogP contribution in [-0.2, 0) is 0 Å². The summed E-state index contributed by atoms with van der Waals surface area (Å²) in [6.45, 7) is 6.04. The van der Waals surface area contributed by atoms with Crippen LogP contribution >= 0.6 is 0 Å². The van der Waals surface area contributed by atoms with Gasteiger partial charge in [0.2, 0.25) is 0 Å². The Morgan fingerprint density at radius 3 is 1.90 bits per heavy atom. The zero-order valence-corrected chi connectivity index (χ0v) is 17.7. The average molecular weight is 397 g/mol. The van der Waals surface area contributed by atoms with Crippen molar-refractivity contribution in [1.29, 1.82) is 0 Å². The molecule has 0 amide bonds. The SMILES string of the molecule is C\C=C/C(=C\C=C\c1ccc(Nc2ccc(C)cc2)cc1)N(O)c1ccc(C)cc1. The minimum Gasteiger partial charge on any atom is -0.356 e. The molecule has 0 atom stereocenters. The highest BCUT2D eigenvalue weighted by atomic mass is 16.5. The van der Waals surface area contributed by atoms with Gasteiger partial charge in [-0.05, 0) is 74.9 Å². The van der Waals surface area contributed by atoms with Crippen molar-refractivity contribution in [2.75, 3.05) is 10.4 Å². The molecule has 0 spiro atoms. The van der Waals surface area contributed by atoms with Gasteiger partial charge in [0.05, 0.1) is 11.4 Å².